The van der Waals surface area contributed by atoms with Gasteiger partial charge in [-0.25, -0.2) is 4.98 Å². The van der Waals surface area contributed by atoms with Crippen LogP contribution in [0.25, 0.3) is 16.7 Å². The summed E-state index contributed by atoms with van der Waals surface area (Å²) >= 11 is 0. The molecule has 0 atom stereocenters. The van der Waals surface area contributed by atoms with Crippen molar-refractivity contribution in [3.05, 3.63) is 89.9 Å². The van der Waals surface area contributed by atoms with E-state index in [1.807, 2.05) is 24.3 Å². The van der Waals surface area contributed by atoms with Crippen LogP contribution >= 0.6 is 0 Å². The molecular weight excluding hydrogens is 444 g/mol. The molecule has 0 radical (unpaired) electrons. The van der Waals surface area contributed by atoms with Crippen LogP contribution in [0.5, 0.6) is 0 Å². The lowest BCUT2D eigenvalue weighted by molar-refractivity contribution is -0.111. The van der Waals surface area contributed by atoms with Gasteiger partial charge in [-0.3, -0.25) is 14.2 Å². The molecule has 0 spiro atoms. The topological polar surface area (TPSA) is 101 Å². The molecule has 35 heavy (non-hydrogen) atoms. The van der Waals surface area contributed by atoms with Crippen LogP contribution in [0.15, 0.2) is 84.3 Å². The highest BCUT2D eigenvalue weighted by molar-refractivity contribution is 5.99. The maximum atomic E-state index is 12.8. The fourth-order valence-electron chi connectivity index (χ4n) is 3.95. The summed E-state index contributed by atoms with van der Waals surface area (Å²) in [4.78, 5) is 35.9. The van der Waals surface area contributed by atoms with Crippen molar-refractivity contribution in [2.24, 2.45) is 0 Å². The Morgan fingerprint density at radius 1 is 1.00 bits per heavy atom. The molecule has 0 bridgehead atoms. The van der Waals surface area contributed by atoms with E-state index < -0.39 is 0 Å². The molecule has 9 nitrogen and oxygen atoms in total. The number of hydrogen-bond acceptors (Lipinski definition) is 7. The second-order valence-corrected chi connectivity index (χ2v) is 7.99. The molecule has 1 aliphatic rings. The molecule has 0 unspecified atom stereocenters. The van der Waals surface area contributed by atoms with Gasteiger partial charge in [0.05, 0.1) is 18.9 Å². The smallest absolute Gasteiger partial charge is 0.256 e. The summed E-state index contributed by atoms with van der Waals surface area (Å²) in [5.74, 6) is 0.0351. The largest absolute Gasteiger partial charge is 0.378 e. The molecule has 176 valence electrons. The number of hydrogen-bond donors (Lipinski definition) is 2. The maximum Gasteiger partial charge on any atom is 0.256 e. The van der Waals surface area contributed by atoms with E-state index in [9.17, 15) is 9.59 Å². The van der Waals surface area contributed by atoms with Crippen molar-refractivity contribution in [1.29, 1.82) is 0 Å². The first-order valence-corrected chi connectivity index (χ1v) is 11.2. The van der Waals surface area contributed by atoms with Crippen molar-refractivity contribution < 1.29 is 9.53 Å². The van der Waals surface area contributed by atoms with E-state index in [2.05, 4.69) is 32.1 Å². The second kappa shape index (κ2) is 9.78. The van der Waals surface area contributed by atoms with Crippen LogP contribution in [-0.2, 0) is 9.53 Å². The number of aromatic nitrogens is 3. The van der Waals surface area contributed by atoms with Crippen LogP contribution in [0.4, 0.5) is 23.0 Å². The molecule has 2 aromatic heterocycles. The van der Waals surface area contributed by atoms with Crippen LogP contribution < -0.4 is 21.1 Å². The number of anilines is 4. The van der Waals surface area contributed by atoms with Gasteiger partial charge in [0.25, 0.3) is 5.56 Å². The predicted octanol–water partition coefficient (Wildman–Crippen LogP) is 3.49. The molecule has 0 aliphatic carbocycles. The number of benzene rings is 2. The molecule has 2 aromatic carbocycles. The molecule has 5 rings (SSSR count). The van der Waals surface area contributed by atoms with E-state index in [1.54, 1.807) is 36.5 Å². The lowest BCUT2D eigenvalue weighted by atomic mass is 10.2. The number of carbonyl (C=O) groups excluding carboxylic acids is 1. The first-order chi connectivity index (χ1) is 17.1. The first-order valence-electron chi connectivity index (χ1n) is 11.2. The minimum Gasteiger partial charge on any atom is -0.378 e. The van der Waals surface area contributed by atoms with E-state index in [0.29, 0.717) is 28.4 Å². The van der Waals surface area contributed by atoms with E-state index in [0.717, 1.165) is 37.7 Å². The van der Waals surface area contributed by atoms with Crippen LogP contribution in [0.2, 0.25) is 0 Å². The quantitative estimate of drug-likeness (QED) is 0.418. The number of morpholine rings is 1. The Morgan fingerprint density at radius 2 is 1.80 bits per heavy atom. The summed E-state index contributed by atoms with van der Waals surface area (Å²) in [5, 5.41) is 6.64. The summed E-state index contributed by atoms with van der Waals surface area (Å²) in [6.45, 7) is 6.67. The Balaban J connectivity index is 1.46. The number of carbonyl (C=O) groups is 1. The molecule has 4 aromatic rings. The van der Waals surface area contributed by atoms with Gasteiger partial charge < -0.3 is 20.3 Å². The third kappa shape index (κ3) is 4.90. The van der Waals surface area contributed by atoms with Gasteiger partial charge in [0, 0.05) is 47.8 Å². The Bertz CT molecular complexity index is 1440. The maximum absolute atomic E-state index is 12.8. The van der Waals surface area contributed by atoms with Gasteiger partial charge in [-0.1, -0.05) is 12.6 Å². The third-order valence-corrected chi connectivity index (χ3v) is 5.69. The van der Waals surface area contributed by atoms with Gasteiger partial charge in [-0.15, -0.1) is 0 Å². The number of amides is 1. The number of ether oxygens (including phenoxy) is 1. The van der Waals surface area contributed by atoms with Gasteiger partial charge in [0.15, 0.2) is 5.65 Å². The molecule has 1 saturated heterocycles. The van der Waals surface area contributed by atoms with Crippen molar-refractivity contribution in [2.75, 3.05) is 41.8 Å². The molecule has 1 fully saturated rings. The van der Waals surface area contributed by atoms with Gasteiger partial charge in [-0.2, -0.15) is 4.98 Å². The molecule has 2 N–H and O–H groups in total. The van der Waals surface area contributed by atoms with E-state index >= 15 is 0 Å². The number of fused-ring (bicyclic) bond motifs is 1. The van der Waals surface area contributed by atoms with Crippen molar-refractivity contribution in [2.45, 2.75) is 0 Å². The van der Waals surface area contributed by atoms with E-state index in [-0.39, 0.29) is 11.5 Å². The average molecular weight is 469 g/mol. The van der Waals surface area contributed by atoms with Gasteiger partial charge in [0.1, 0.15) is 0 Å². The monoisotopic (exact) mass is 468 g/mol. The summed E-state index contributed by atoms with van der Waals surface area (Å²) in [7, 11) is 0. The molecule has 9 heteroatoms. The number of nitrogens with one attached hydrogen (secondary N) is 2. The normalized spacial score (nSPS) is 13.4. The van der Waals surface area contributed by atoms with E-state index in [4.69, 9.17) is 4.74 Å². The highest BCUT2D eigenvalue weighted by atomic mass is 16.5. The molecule has 3 heterocycles. The van der Waals surface area contributed by atoms with Gasteiger partial charge in [0.2, 0.25) is 11.9 Å². The summed E-state index contributed by atoms with van der Waals surface area (Å²) in [6.07, 6.45) is 2.86. The van der Waals surface area contributed by atoms with Crippen LogP contribution in [0.3, 0.4) is 0 Å². The molecule has 1 aliphatic heterocycles. The highest BCUT2D eigenvalue weighted by Gasteiger charge is 2.12. The summed E-state index contributed by atoms with van der Waals surface area (Å²) in [6, 6.07) is 18.2. The Hall–Kier alpha value is -4.50. The lowest BCUT2D eigenvalue weighted by Gasteiger charge is -2.28. The first kappa shape index (κ1) is 22.3. The SMILES string of the molecule is C=CC(=O)Nc1cccc(-n2c(=O)ccc3cnc(Nc4ccc(N5CCOCC5)cc4)nc32)c1. The minimum atomic E-state index is -0.333. The highest BCUT2D eigenvalue weighted by Crippen LogP contribution is 2.23. The fourth-order valence-corrected chi connectivity index (χ4v) is 3.95. The van der Waals surface area contributed by atoms with Crippen LogP contribution in [0.1, 0.15) is 0 Å². The number of nitrogens with zero attached hydrogens (tertiary/aromatic N) is 4. The summed E-state index contributed by atoms with van der Waals surface area (Å²) < 4.78 is 6.91. The van der Waals surface area contributed by atoms with Crippen molar-refractivity contribution >= 4 is 40.0 Å². The predicted molar refractivity (Wildman–Crippen MR) is 137 cm³/mol. The van der Waals surface area contributed by atoms with Gasteiger partial charge in [-0.05, 0) is 54.6 Å². The zero-order valence-corrected chi connectivity index (χ0v) is 19.0. The minimum absolute atomic E-state index is 0.246. The molecular formula is C26H24N6O3. The third-order valence-electron chi connectivity index (χ3n) is 5.69. The average Bonchev–Trinajstić information content (AvgIpc) is 2.89. The Kier molecular flexibility index (Phi) is 6.23. The Morgan fingerprint density at radius 3 is 2.57 bits per heavy atom. The molecule has 1 amide bonds. The zero-order valence-electron chi connectivity index (χ0n) is 19.0. The number of pyridine rings is 1. The Labute approximate surface area is 201 Å². The molecule has 0 saturated carbocycles. The fraction of sp³-hybridized carbons (Fsp3) is 0.154. The van der Waals surface area contributed by atoms with Gasteiger partial charge >= 0.3 is 0 Å². The van der Waals surface area contributed by atoms with Crippen LogP contribution in [0, 0.1) is 0 Å². The van der Waals surface area contributed by atoms with Crippen molar-refractivity contribution in [3.63, 3.8) is 0 Å². The summed E-state index contributed by atoms with van der Waals surface area (Å²) in [5.41, 5.74) is 3.29. The van der Waals surface area contributed by atoms with Crippen LogP contribution in [-0.4, -0.2) is 46.7 Å². The second-order valence-electron chi connectivity index (χ2n) is 7.99. The van der Waals surface area contributed by atoms with Crippen molar-refractivity contribution in [3.8, 4) is 5.69 Å². The number of rotatable bonds is 6. The zero-order chi connectivity index (χ0) is 24.2. The van der Waals surface area contributed by atoms with Crippen molar-refractivity contribution in [1.82, 2.24) is 14.5 Å². The lowest BCUT2D eigenvalue weighted by Crippen LogP contribution is -2.36. The standard InChI is InChI=1S/C26H24N6O3/c1-2-23(33)28-20-4-3-5-22(16-20)32-24(34)11-6-18-17-27-26(30-25(18)32)29-19-7-9-21(10-8-19)31-12-14-35-15-13-31/h2-11,16-17H,1,12-15H2,(H,28,33)(H,27,29,30). The van der Waals surface area contributed by atoms with E-state index in [1.165, 1.54) is 16.7 Å².